The van der Waals surface area contributed by atoms with Gasteiger partial charge in [-0.15, -0.1) is 0 Å². The largest absolute Gasteiger partial charge is 0.381 e. The van der Waals surface area contributed by atoms with Gasteiger partial charge in [-0.1, -0.05) is 13.3 Å². The van der Waals surface area contributed by atoms with Gasteiger partial charge in [0.25, 0.3) is 0 Å². The van der Waals surface area contributed by atoms with Gasteiger partial charge in [-0.2, -0.15) is 0 Å². The molecule has 1 amide bonds. The molecule has 0 bridgehead atoms. The van der Waals surface area contributed by atoms with E-state index < -0.39 is 0 Å². The first-order chi connectivity index (χ1) is 8.64. The molecule has 2 unspecified atom stereocenters. The zero-order chi connectivity index (χ0) is 13.0. The SMILES string of the molecule is CC1(CNC(=O)C2CCCC2CN)CCOCC1. The van der Waals surface area contributed by atoms with Crippen molar-refractivity contribution in [1.82, 2.24) is 5.32 Å². The summed E-state index contributed by atoms with van der Waals surface area (Å²) in [5, 5.41) is 3.15. The van der Waals surface area contributed by atoms with Gasteiger partial charge in [0.1, 0.15) is 0 Å². The van der Waals surface area contributed by atoms with Gasteiger partial charge in [0, 0.05) is 25.7 Å². The van der Waals surface area contributed by atoms with E-state index in [9.17, 15) is 4.79 Å². The third-order valence-electron chi connectivity index (χ3n) is 4.69. The third kappa shape index (κ3) is 3.23. The molecule has 18 heavy (non-hydrogen) atoms. The summed E-state index contributed by atoms with van der Waals surface area (Å²) in [4.78, 5) is 12.2. The van der Waals surface area contributed by atoms with Crippen LogP contribution in [0, 0.1) is 17.3 Å². The minimum atomic E-state index is 0.151. The second-order valence-corrected chi connectivity index (χ2v) is 6.17. The van der Waals surface area contributed by atoms with E-state index in [0.29, 0.717) is 12.5 Å². The number of hydrogen-bond donors (Lipinski definition) is 2. The number of amides is 1. The maximum absolute atomic E-state index is 12.2. The van der Waals surface area contributed by atoms with Crippen molar-refractivity contribution in [3.63, 3.8) is 0 Å². The van der Waals surface area contributed by atoms with E-state index in [-0.39, 0.29) is 17.2 Å². The molecule has 2 rings (SSSR count). The van der Waals surface area contributed by atoms with Gasteiger partial charge in [-0.25, -0.2) is 0 Å². The van der Waals surface area contributed by atoms with E-state index in [0.717, 1.165) is 51.9 Å². The Kier molecular flexibility index (Phi) is 4.62. The first kappa shape index (κ1) is 13.8. The molecular formula is C14H26N2O2. The average Bonchev–Trinajstić information content (AvgIpc) is 2.85. The van der Waals surface area contributed by atoms with Crippen LogP contribution >= 0.6 is 0 Å². The van der Waals surface area contributed by atoms with Crippen LogP contribution in [-0.4, -0.2) is 32.2 Å². The van der Waals surface area contributed by atoms with Crippen LogP contribution in [-0.2, 0) is 9.53 Å². The molecule has 1 saturated heterocycles. The molecule has 0 aromatic carbocycles. The lowest BCUT2D eigenvalue weighted by Gasteiger charge is -2.34. The number of nitrogens with one attached hydrogen (secondary N) is 1. The van der Waals surface area contributed by atoms with E-state index in [2.05, 4.69) is 12.2 Å². The van der Waals surface area contributed by atoms with Gasteiger partial charge < -0.3 is 15.8 Å². The fourth-order valence-electron chi connectivity index (χ4n) is 3.14. The summed E-state index contributed by atoms with van der Waals surface area (Å²) in [7, 11) is 0. The highest BCUT2D eigenvalue weighted by Gasteiger charge is 2.33. The van der Waals surface area contributed by atoms with Gasteiger partial charge in [-0.3, -0.25) is 4.79 Å². The van der Waals surface area contributed by atoms with Crippen molar-refractivity contribution in [2.75, 3.05) is 26.3 Å². The topological polar surface area (TPSA) is 64.4 Å². The van der Waals surface area contributed by atoms with Crippen LogP contribution in [0.4, 0.5) is 0 Å². The standard InChI is InChI=1S/C14H26N2O2/c1-14(5-7-18-8-6-14)10-16-13(17)12-4-2-3-11(12)9-15/h11-12H,2-10,15H2,1H3,(H,16,17). The van der Waals surface area contributed by atoms with E-state index in [1.54, 1.807) is 0 Å². The average molecular weight is 254 g/mol. The van der Waals surface area contributed by atoms with Crippen molar-refractivity contribution in [3.8, 4) is 0 Å². The van der Waals surface area contributed by atoms with Crippen molar-refractivity contribution in [1.29, 1.82) is 0 Å². The van der Waals surface area contributed by atoms with Gasteiger partial charge in [-0.05, 0) is 43.6 Å². The van der Waals surface area contributed by atoms with Crippen molar-refractivity contribution in [2.45, 2.75) is 39.0 Å². The summed E-state index contributed by atoms with van der Waals surface area (Å²) in [6, 6.07) is 0. The van der Waals surface area contributed by atoms with Crippen molar-refractivity contribution in [2.24, 2.45) is 23.0 Å². The molecule has 0 spiro atoms. The normalized spacial score (nSPS) is 31.2. The second kappa shape index (κ2) is 6.02. The molecule has 2 aliphatic rings. The maximum Gasteiger partial charge on any atom is 0.223 e. The van der Waals surface area contributed by atoms with E-state index in [1.807, 2.05) is 0 Å². The maximum atomic E-state index is 12.2. The lowest BCUT2D eigenvalue weighted by molar-refractivity contribution is -0.126. The van der Waals surface area contributed by atoms with Gasteiger partial charge in [0.15, 0.2) is 0 Å². The fourth-order valence-corrected chi connectivity index (χ4v) is 3.14. The Balaban J connectivity index is 1.80. The molecule has 1 saturated carbocycles. The van der Waals surface area contributed by atoms with Gasteiger partial charge >= 0.3 is 0 Å². The van der Waals surface area contributed by atoms with Crippen LogP contribution in [0.1, 0.15) is 39.0 Å². The van der Waals surface area contributed by atoms with Crippen LogP contribution in [0.3, 0.4) is 0 Å². The molecule has 0 aromatic heterocycles. The number of carbonyl (C=O) groups excluding carboxylic acids is 1. The van der Waals surface area contributed by atoms with Crippen LogP contribution in [0.2, 0.25) is 0 Å². The Hall–Kier alpha value is -0.610. The Labute approximate surface area is 110 Å². The second-order valence-electron chi connectivity index (χ2n) is 6.17. The molecule has 1 heterocycles. The molecular weight excluding hydrogens is 228 g/mol. The monoisotopic (exact) mass is 254 g/mol. The van der Waals surface area contributed by atoms with E-state index >= 15 is 0 Å². The van der Waals surface area contributed by atoms with Crippen LogP contribution in [0.5, 0.6) is 0 Å². The molecule has 0 radical (unpaired) electrons. The Morgan fingerprint density at radius 1 is 1.39 bits per heavy atom. The zero-order valence-electron chi connectivity index (χ0n) is 11.4. The summed E-state index contributed by atoms with van der Waals surface area (Å²) < 4.78 is 5.38. The smallest absolute Gasteiger partial charge is 0.223 e. The number of ether oxygens (including phenoxy) is 1. The molecule has 104 valence electrons. The summed E-state index contributed by atoms with van der Waals surface area (Å²) in [6.07, 6.45) is 5.34. The minimum Gasteiger partial charge on any atom is -0.381 e. The van der Waals surface area contributed by atoms with Crippen LogP contribution < -0.4 is 11.1 Å². The predicted molar refractivity (Wildman–Crippen MR) is 71.1 cm³/mol. The summed E-state index contributed by atoms with van der Waals surface area (Å²) in [5.41, 5.74) is 5.94. The highest BCUT2D eigenvalue weighted by atomic mass is 16.5. The lowest BCUT2D eigenvalue weighted by atomic mass is 9.82. The van der Waals surface area contributed by atoms with Crippen molar-refractivity contribution < 1.29 is 9.53 Å². The fraction of sp³-hybridized carbons (Fsp3) is 0.929. The highest BCUT2D eigenvalue weighted by Crippen LogP contribution is 2.32. The number of rotatable bonds is 4. The van der Waals surface area contributed by atoms with Crippen molar-refractivity contribution in [3.05, 3.63) is 0 Å². The zero-order valence-corrected chi connectivity index (χ0v) is 11.4. The van der Waals surface area contributed by atoms with Gasteiger partial charge in [0.2, 0.25) is 5.91 Å². The minimum absolute atomic E-state index is 0.151. The van der Waals surface area contributed by atoms with Crippen molar-refractivity contribution >= 4 is 5.91 Å². The molecule has 2 fully saturated rings. The summed E-state index contributed by atoms with van der Waals surface area (Å²) in [5.74, 6) is 0.765. The summed E-state index contributed by atoms with van der Waals surface area (Å²) >= 11 is 0. The molecule has 1 aliphatic carbocycles. The number of carbonyl (C=O) groups is 1. The van der Waals surface area contributed by atoms with E-state index in [1.165, 1.54) is 0 Å². The highest BCUT2D eigenvalue weighted by molar-refractivity contribution is 5.79. The number of hydrogen-bond acceptors (Lipinski definition) is 3. The Morgan fingerprint density at radius 3 is 2.78 bits per heavy atom. The lowest BCUT2D eigenvalue weighted by Crippen LogP contribution is -2.42. The quantitative estimate of drug-likeness (QED) is 0.794. The molecule has 3 N–H and O–H groups in total. The number of nitrogens with two attached hydrogens (primary N) is 1. The first-order valence-corrected chi connectivity index (χ1v) is 7.20. The van der Waals surface area contributed by atoms with Crippen LogP contribution in [0.25, 0.3) is 0 Å². The van der Waals surface area contributed by atoms with Crippen LogP contribution in [0.15, 0.2) is 0 Å². The van der Waals surface area contributed by atoms with Gasteiger partial charge in [0.05, 0.1) is 0 Å². The Morgan fingerprint density at radius 2 is 2.11 bits per heavy atom. The molecule has 0 aromatic rings. The van der Waals surface area contributed by atoms with E-state index in [4.69, 9.17) is 10.5 Å². The molecule has 1 aliphatic heterocycles. The Bertz CT molecular complexity index is 288. The first-order valence-electron chi connectivity index (χ1n) is 7.20. The molecule has 2 atom stereocenters. The third-order valence-corrected chi connectivity index (χ3v) is 4.69. The molecule has 4 nitrogen and oxygen atoms in total. The predicted octanol–water partition coefficient (Wildman–Crippen LogP) is 1.29. The molecule has 4 heteroatoms. The summed E-state index contributed by atoms with van der Waals surface area (Å²) in [6.45, 7) is 5.31.